The molecule has 0 bridgehead atoms. The lowest BCUT2D eigenvalue weighted by molar-refractivity contribution is -0.221. The lowest BCUT2D eigenvalue weighted by Crippen LogP contribution is -2.64. The van der Waals surface area contributed by atoms with Gasteiger partial charge in [0.25, 0.3) is 0 Å². The van der Waals surface area contributed by atoms with Crippen LogP contribution in [-0.2, 0) is 4.79 Å². The lowest BCUT2D eigenvalue weighted by Gasteiger charge is -2.63. The average molecular weight is 435 g/mol. The highest BCUT2D eigenvalue weighted by Crippen LogP contribution is 2.67. The van der Waals surface area contributed by atoms with Crippen LogP contribution in [0.4, 0.5) is 0 Å². The zero-order valence-corrected chi connectivity index (χ0v) is 20.1. The van der Waals surface area contributed by atoms with Crippen LogP contribution in [0.25, 0.3) is 0 Å². The summed E-state index contributed by atoms with van der Waals surface area (Å²) in [6.07, 6.45) is 11.8. The molecule has 0 aromatic rings. The van der Waals surface area contributed by atoms with Gasteiger partial charge in [0.2, 0.25) is 0 Å². The summed E-state index contributed by atoms with van der Waals surface area (Å²) in [5.74, 6) is 0.765. The molecule has 31 heavy (non-hydrogen) atoms. The first-order valence-corrected chi connectivity index (χ1v) is 13.3. The monoisotopic (exact) mass is 434 g/mol. The van der Waals surface area contributed by atoms with Crippen LogP contribution >= 0.6 is 0 Å². The first-order chi connectivity index (χ1) is 14.7. The second-order valence-electron chi connectivity index (χ2n) is 12.2. The Hall–Kier alpha value is -0.450. The summed E-state index contributed by atoms with van der Waals surface area (Å²) >= 11 is 0. The van der Waals surface area contributed by atoms with Gasteiger partial charge in [0.1, 0.15) is 5.78 Å². The molecule has 4 fully saturated rings. The molecule has 4 aliphatic carbocycles. The molecule has 0 aliphatic heterocycles. The predicted molar refractivity (Wildman–Crippen MR) is 122 cm³/mol. The van der Waals surface area contributed by atoms with Gasteiger partial charge >= 0.3 is 0 Å². The predicted octanol–water partition coefficient (Wildman–Crippen LogP) is 4.88. The van der Waals surface area contributed by atoms with Crippen molar-refractivity contribution in [2.75, 3.05) is 0 Å². The quantitative estimate of drug-likeness (QED) is 0.499. The van der Waals surface area contributed by atoms with Gasteiger partial charge in [-0.2, -0.15) is 0 Å². The maximum Gasteiger partial charge on any atom is 0.137 e. The van der Waals surface area contributed by atoms with Crippen LogP contribution in [0.3, 0.4) is 0 Å². The van der Waals surface area contributed by atoms with Crippen LogP contribution in [0.1, 0.15) is 104 Å². The maximum atomic E-state index is 13.4. The number of hydrogen-bond donors (Lipinski definition) is 3. The van der Waals surface area contributed by atoms with E-state index in [0.717, 1.165) is 32.1 Å². The summed E-state index contributed by atoms with van der Waals surface area (Å²) in [4.78, 5) is 13.4. The van der Waals surface area contributed by atoms with E-state index in [1.807, 2.05) is 0 Å². The van der Waals surface area contributed by atoms with Crippen molar-refractivity contribution in [1.29, 1.82) is 0 Å². The van der Waals surface area contributed by atoms with E-state index in [4.69, 9.17) is 0 Å². The van der Waals surface area contributed by atoms with Crippen molar-refractivity contribution < 1.29 is 20.1 Å². The molecule has 4 saturated carbocycles. The number of carbonyl (C=O) groups is 1. The standard InChI is InChI=1S/C27H46O4/c1-4-5-6-7-8-9-10-17-15-21(29)23-22-19(12-14-26(17,23)2)27(3)13-11-18(28)16-20(27)24(30)25(22)31/h17-20,22-25,28,30-31H,4-16H2,1-3H3/t17-,18+,19?,20+,22+,23+,24+,25+,26+,27+/m0/s1. The second-order valence-corrected chi connectivity index (χ2v) is 12.2. The fourth-order valence-electron chi connectivity index (χ4n) is 8.74. The number of carbonyl (C=O) groups excluding carboxylic acids is 1. The minimum Gasteiger partial charge on any atom is -0.393 e. The van der Waals surface area contributed by atoms with E-state index in [1.165, 1.54) is 38.5 Å². The zero-order chi connectivity index (χ0) is 22.4. The number of rotatable bonds is 7. The molecule has 0 heterocycles. The molecular weight excluding hydrogens is 388 g/mol. The molecule has 4 nitrogen and oxygen atoms in total. The van der Waals surface area contributed by atoms with Gasteiger partial charge in [-0.15, -0.1) is 0 Å². The normalized spacial score (nSPS) is 49.4. The zero-order valence-electron chi connectivity index (χ0n) is 20.1. The number of fused-ring (bicyclic) bond motifs is 5. The van der Waals surface area contributed by atoms with Crippen LogP contribution in [-0.4, -0.2) is 39.4 Å². The van der Waals surface area contributed by atoms with Gasteiger partial charge < -0.3 is 15.3 Å². The molecule has 0 amide bonds. The molecule has 3 N–H and O–H groups in total. The van der Waals surface area contributed by atoms with E-state index in [9.17, 15) is 20.1 Å². The van der Waals surface area contributed by atoms with Crippen LogP contribution < -0.4 is 0 Å². The third-order valence-electron chi connectivity index (χ3n) is 10.6. The van der Waals surface area contributed by atoms with Gasteiger partial charge in [0.05, 0.1) is 18.3 Å². The highest BCUT2D eigenvalue weighted by Gasteiger charge is 2.66. The van der Waals surface area contributed by atoms with Crippen molar-refractivity contribution >= 4 is 5.78 Å². The van der Waals surface area contributed by atoms with Gasteiger partial charge in [0.15, 0.2) is 0 Å². The molecule has 4 rings (SSSR count). The van der Waals surface area contributed by atoms with Gasteiger partial charge in [-0.25, -0.2) is 0 Å². The van der Waals surface area contributed by atoms with Crippen molar-refractivity contribution in [3.8, 4) is 0 Å². The number of aliphatic hydroxyl groups is 3. The number of Topliss-reactive ketones (excluding diaryl/α,β-unsaturated/α-hetero) is 1. The minimum atomic E-state index is -0.838. The van der Waals surface area contributed by atoms with E-state index >= 15 is 0 Å². The summed E-state index contributed by atoms with van der Waals surface area (Å²) < 4.78 is 0. The number of aliphatic hydroxyl groups excluding tert-OH is 3. The topological polar surface area (TPSA) is 77.8 Å². The number of hydrogen-bond acceptors (Lipinski definition) is 4. The lowest BCUT2D eigenvalue weighted by atomic mass is 9.43. The average Bonchev–Trinajstić information content (AvgIpc) is 3.00. The summed E-state index contributed by atoms with van der Waals surface area (Å²) in [5, 5.41) is 32.6. The Balaban J connectivity index is 1.50. The van der Waals surface area contributed by atoms with Crippen molar-refractivity contribution in [1.82, 2.24) is 0 Å². The molecule has 4 aliphatic rings. The molecule has 178 valence electrons. The fraction of sp³-hybridized carbons (Fsp3) is 0.963. The first kappa shape index (κ1) is 23.7. The van der Waals surface area contributed by atoms with Crippen molar-refractivity contribution in [3.05, 3.63) is 0 Å². The summed E-state index contributed by atoms with van der Waals surface area (Å²) in [7, 11) is 0. The van der Waals surface area contributed by atoms with Crippen LogP contribution in [0.5, 0.6) is 0 Å². The molecular formula is C27H46O4. The van der Waals surface area contributed by atoms with Gasteiger partial charge in [-0.3, -0.25) is 4.79 Å². The molecule has 0 aromatic carbocycles. The number of unbranched alkanes of at least 4 members (excludes halogenated alkanes) is 5. The number of ketones is 1. The van der Waals surface area contributed by atoms with Crippen LogP contribution in [0.2, 0.25) is 0 Å². The smallest absolute Gasteiger partial charge is 0.137 e. The van der Waals surface area contributed by atoms with Crippen LogP contribution in [0.15, 0.2) is 0 Å². The summed E-state index contributed by atoms with van der Waals surface area (Å²) in [5.41, 5.74) is -0.110. The Kier molecular flexibility index (Phi) is 6.93. The van der Waals surface area contributed by atoms with E-state index in [0.29, 0.717) is 24.5 Å². The van der Waals surface area contributed by atoms with E-state index < -0.39 is 12.2 Å². The highest BCUT2D eigenvalue weighted by molar-refractivity contribution is 5.85. The minimum absolute atomic E-state index is 0.0280. The molecule has 4 heteroatoms. The third kappa shape index (κ3) is 3.93. The summed E-state index contributed by atoms with van der Waals surface area (Å²) in [6, 6.07) is 0. The SMILES string of the molecule is CCCCCCCC[C@H]1CC(=O)[C@@H]2[C@H]3C(CC[C@]12C)[C@@]1(C)CC[C@@H](O)C[C@@H]1[C@@H](O)[C@@H]3O. The summed E-state index contributed by atoms with van der Waals surface area (Å²) in [6.45, 7) is 6.83. The van der Waals surface area contributed by atoms with E-state index in [-0.39, 0.29) is 40.6 Å². The molecule has 10 atom stereocenters. The fourth-order valence-corrected chi connectivity index (χ4v) is 8.74. The Morgan fingerprint density at radius 1 is 0.871 bits per heavy atom. The largest absolute Gasteiger partial charge is 0.393 e. The molecule has 0 aromatic heterocycles. The first-order valence-electron chi connectivity index (χ1n) is 13.3. The highest BCUT2D eigenvalue weighted by atomic mass is 16.3. The third-order valence-corrected chi connectivity index (χ3v) is 10.6. The van der Waals surface area contributed by atoms with Gasteiger partial charge in [-0.05, 0) is 67.1 Å². The maximum absolute atomic E-state index is 13.4. The van der Waals surface area contributed by atoms with Crippen molar-refractivity contribution in [2.45, 2.75) is 123 Å². The van der Waals surface area contributed by atoms with Gasteiger partial charge in [0, 0.05) is 18.3 Å². The second kappa shape index (κ2) is 9.06. The van der Waals surface area contributed by atoms with Gasteiger partial charge in [-0.1, -0.05) is 59.3 Å². The Labute approximate surface area is 189 Å². The molecule has 0 saturated heterocycles. The molecule has 0 spiro atoms. The van der Waals surface area contributed by atoms with E-state index in [1.54, 1.807) is 0 Å². The molecule has 1 unspecified atom stereocenters. The van der Waals surface area contributed by atoms with Crippen molar-refractivity contribution in [3.63, 3.8) is 0 Å². The Morgan fingerprint density at radius 2 is 1.55 bits per heavy atom. The Bertz CT molecular complexity index is 649. The Morgan fingerprint density at radius 3 is 2.29 bits per heavy atom. The van der Waals surface area contributed by atoms with Crippen LogP contribution in [0, 0.1) is 40.4 Å². The molecule has 0 radical (unpaired) electrons. The van der Waals surface area contributed by atoms with E-state index in [2.05, 4.69) is 20.8 Å². The van der Waals surface area contributed by atoms with Crippen molar-refractivity contribution in [2.24, 2.45) is 40.4 Å².